The van der Waals surface area contributed by atoms with Crippen LogP contribution in [-0.4, -0.2) is 31.0 Å². The maximum atomic E-state index is 8.78. The Kier molecular flexibility index (Phi) is 7.77. The molecule has 0 aliphatic heterocycles. The monoisotopic (exact) mass is 463 g/mol. The SMILES string of the molecule is COc1cc(-c2nc(-c3cc(C)c(C)c(Cl)c3)no2)cc(C2CCCC2)n1.NS(=O)[O-]. The van der Waals surface area contributed by atoms with Crippen LogP contribution in [0.15, 0.2) is 28.8 Å². The van der Waals surface area contributed by atoms with Gasteiger partial charge in [0.15, 0.2) is 0 Å². The second kappa shape index (κ2) is 10.3. The normalized spacial score (nSPS) is 14.8. The number of nitrogens with zero attached hydrogens (tertiary/aromatic N) is 3. The lowest BCUT2D eigenvalue weighted by atomic mass is 10.0. The first-order chi connectivity index (χ1) is 14.8. The highest BCUT2D eigenvalue weighted by molar-refractivity contribution is 7.76. The number of hydrogen-bond acceptors (Lipinski definition) is 7. The van der Waals surface area contributed by atoms with Crippen molar-refractivity contribution in [2.75, 3.05) is 7.11 Å². The summed E-state index contributed by atoms with van der Waals surface area (Å²) in [5.74, 6) is 2.02. The van der Waals surface area contributed by atoms with E-state index in [0.717, 1.165) is 40.8 Å². The molecule has 10 heteroatoms. The van der Waals surface area contributed by atoms with Gasteiger partial charge in [0.25, 0.3) is 5.89 Å². The number of pyridine rings is 1. The molecule has 1 saturated carbocycles. The summed E-state index contributed by atoms with van der Waals surface area (Å²) >= 11 is 3.95. The molecule has 166 valence electrons. The van der Waals surface area contributed by atoms with E-state index in [-0.39, 0.29) is 0 Å². The van der Waals surface area contributed by atoms with Crippen LogP contribution in [0.3, 0.4) is 0 Å². The quantitative estimate of drug-likeness (QED) is 0.565. The van der Waals surface area contributed by atoms with E-state index in [1.54, 1.807) is 7.11 Å². The lowest BCUT2D eigenvalue weighted by Crippen LogP contribution is -1.99. The van der Waals surface area contributed by atoms with Gasteiger partial charge in [-0.3, -0.25) is 9.35 Å². The standard InChI is InChI=1S/C21H22ClN3O2.H3NO2S/c1-12-8-15(9-17(22)13(12)2)20-24-21(27-25-20)16-10-18(14-6-4-5-7-14)23-19(11-16)26-3;1-4(2)3/h8-11,14H,4-7H2,1-3H3;1H2,(H,2,3)/p-1. The number of hydrogen-bond donors (Lipinski definition) is 1. The summed E-state index contributed by atoms with van der Waals surface area (Å²) < 4.78 is 28.5. The molecule has 2 aromatic heterocycles. The Hall–Kier alpha value is -2.33. The van der Waals surface area contributed by atoms with E-state index < -0.39 is 11.3 Å². The molecule has 2 heterocycles. The molecule has 1 unspecified atom stereocenters. The van der Waals surface area contributed by atoms with Gasteiger partial charge in [0.1, 0.15) is 0 Å². The molecule has 2 N–H and O–H groups in total. The minimum Gasteiger partial charge on any atom is -0.760 e. The van der Waals surface area contributed by atoms with Crippen LogP contribution in [0.4, 0.5) is 0 Å². The molecule has 1 atom stereocenters. The third-order valence-corrected chi connectivity index (χ3v) is 5.73. The Balaban J connectivity index is 0.000000628. The average Bonchev–Trinajstić information content (AvgIpc) is 3.43. The van der Waals surface area contributed by atoms with Crippen LogP contribution in [0.5, 0.6) is 5.88 Å². The molecule has 31 heavy (non-hydrogen) atoms. The number of aryl methyl sites for hydroxylation is 1. The zero-order valence-electron chi connectivity index (χ0n) is 17.6. The molecule has 0 amide bonds. The fourth-order valence-corrected chi connectivity index (χ4v) is 3.85. The minimum atomic E-state index is -2.36. The number of rotatable bonds is 4. The summed E-state index contributed by atoms with van der Waals surface area (Å²) in [4.78, 5) is 9.21. The smallest absolute Gasteiger partial charge is 0.258 e. The summed E-state index contributed by atoms with van der Waals surface area (Å²) in [6.07, 6.45) is 4.82. The minimum absolute atomic E-state index is 0.458. The lowest BCUT2D eigenvalue weighted by Gasteiger charge is -2.11. The van der Waals surface area contributed by atoms with Gasteiger partial charge in [-0.1, -0.05) is 29.6 Å². The van der Waals surface area contributed by atoms with Gasteiger partial charge in [-0.15, -0.1) is 0 Å². The Labute approximate surface area is 188 Å². The molecule has 3 aromatic rings. The van der Waals surface area contributed by atoms with E-state index in [1.165, 1.54) is 12.8 Å². The van der Waals surface area contributed by atoms with Crippen LogP contribution in [-0.2, 0) is 11.3 Å². The molecule has 0 bridgehead atoms. The van der Waals surface area contributed by atoms with Gasteiger partial charge in [-0.25, -0.2) is 4.98 Å². The molecule has 0 radical (unpaired) electrons. The number of ether oxygens (including phenoxy) is 1. The highest BCUT2D eigenvalue weighted by Gasteiger charge is 2.21. The number of aromatic nitrogens is 3. The maximum absolute atomic E-state index is 8.78. The lowest BCUT2D eigenvalue weighted by molar-refractivity contribution is 0.394. The Morgan fingerprint density at radius 2 is 1.84 bits per heavy atom. The molecule has 4 rings (SSSR count). The number of halogens is 1. The Morgan fingerprint density at radius 1 is 1.16 bits per heavy atom. The molecule has 1 aliphatic carbocycles. The van der Waals surface area contributed by atoms with Gasteiger partial charge in [0, 0.05) is 45.1 Å². The number of benzene rings is 1. The van der Waals surface area contributed by atoms with E-state index in [0.29, 0.717) is 28.5 Å². The summed E-state index contributed by atoms with van der Waals surface area (Å²) in [5, 5.41) is 8.88. The van der Waals surface area contributed by atoms with Crippen molar-refractivity contribution in [1.82, 2.24) is 15.1 Å². The van der Waals surface area contributed by atoms with Crippen molar-refractivity contribution >= 4 is 22.9 Å². The third-order valence-electron chi connectivity index (χ3n) is 5.34. The van der Waals surface area contributed by atoms with Crippen molar-refractivity contribution in [2.45, 2.75) is 45.4 Å². The predicted octanol–water partition coefficient (Wildman–Crippen LogP) is 4.47. The first-order valence-corrected chi connectivity index (χ1v) is 11.3. The number of nitrogens with two attached hydrogens (primary N) is 1. The molecule has 8 nitrogen and oxygen atoms in total. The van der Waals surface area contributed by atoms with Crippen LogP contribution in [0, 0.1) is 13.8 Å². The Bertz CT molecular complexity index is 1060. The predicted molar refractivity (Wildman–Crippen MR) is 118 cm³/mol. The summed E-state index contributed by atoms with van der Waals surface area (Å²) in [7, 11) is 1.63. The van der Waals surface area contributed by atoms with E-state index in [9.17, 15) is 0 Å². The zero-order valence-corrected chi connectivity index (χ0v) is 19.1. The maximum Gasteiger partial charge on any atom is 0.258 e. The van der Waals surface area contributed by atoms with Crippen molar-refractivity contribution < 1.29 is 18.0 Å². The topological polar surface area (TPSA) is 127 Å². The molecule has 1 aromatic carbocycles. The van der Waals surface area contributed by atoms with E-state index >= 15 is 0 Å². The molecule has 1 fully saturated rings. The molecule has 1 aliphatic rings. The van der Waals surface area contributed by atoms with Crippen LogP contribution in [0.25, 0.3) is 22.8 Å². The highest BCUT2D eigenvalue weighted by atomic mass is 35.5. The second-order valence-electron chi connectivity index (χ2n) is 7.39. The average molecular weight is 464 g/mol. The van der Waals surface area contributed by atoms with E-state index in [2.05, 4.69) is 20.3 Å². The fraction of sp³-hybridized carbons (Fsp3) is 0.381. The van der Waals surface area contributed by atoms with Crippen LogP contribution in [0.1, 0.15) is 48.4 Å². The van der Waals surface area contributed by atoms with Crippen molar-refractivity contribution in [3.8, 4) is 28.7 Å². The van der Waals surface area contributed by atoms with Gasteiger partial charge < -0.3 is 13.8 Å². The number of methoxy groups -OCH3 is 1. The van der Waals surface area contributed by atoms with Crippen molar-refractivity contribution in [1.29, 1.82) is 0 Å². The van der Waals surface area contributed by atoms with Crippen molar-refractivity contribution in [3.63, 3.8) is 0 Å². The van der Waals surface area contributed by atoms with Gasteiger partial charge in [-0.05, 0) is 56.0 Å². The first kappa shape index (κ1) is 23.3. The Morgan fingerprint density at radius 3 is 2.45 bits per heavy atom. The fourth-order valence-electron chi connectivity index (χ4n) is 3.59. The zero-order chi connectivity index (χ0) is 22.5. The van der Waals surface area contributed by atoms with Gasteiger partial charge in [0.05, 0.1) is 7.11 Å². The highest BCUT2D eigenvalue weighted by Crippen LogP contribution is 2.36. The van der Waals surface area contributed by atoms with E-state index in [4.69, 9.17) is 29.6 Å². The third kappa shape index (κ3) is 5.88. The molecule has 0 saturated heterocycles. The summed E-state index contributed by atoms with van der Waals surface area (Å²) in [6, 6.07) is 7.77. The van der Waals surface area contributed by atoms with E-state index in [1.807, 2.05) is 38.1 Å². The largest absolute Gasteiger partial charge is 0.760 e. The summed E-state index contributed by atoms with van der Waals surface area (Å²) in [6.45, 7) is 4.02. The van der Waals surface area contributed by atoms with Crippen molar-refractivity contribution in [2.24, 2.45) is 5.14 Å². The van der Waals surface area contributed by atoms with Crippen molar-refractivity contribution in [3.05, 3.63) is 46.1 Å². The molecular weight excluding hydrogens is 440 g/mol. The van der Waals surface area contributed by atoms with Gasteiger partial charge >= 0.3 is 0 Å². The van der Waals surface area contributed by atoms with Crippen LogP contribution in [0.2, 0.25) is 5.02 Å². The molecular formula is C21H24ClN4O4S-. The van der Waals surface area contributed by atoms with Gasteiger partial charge in [0.2, 0.25) is 11.7 Å². The second-order valence-corrected chi connectivity index (χ2v) is 8.32. The van der Waals surface area contributed by atoms with Crippen LogP contribution >= 0.6 is 11.6 Å². The molecule has 0 spiro atoms. The first-order valence-electron chi connectivity index (χ1n) is 9.79. The van der Waals surface area contributed by atoms with Gasteiger partial charge in [-0.2, -0.15) is 4.98 Å². The van der Waals surface area contributed by atoms with Crippen LogP contribution < -0.4 is 9.88 Å². The summed E-state index contributed by atoms with van der Waals surface area (Å²) in [5.41, 5.74) is 4.87.